The molecule has 5 rings (SSSR count). The van der Waals surface area contributed by atoms with Gasteiger partial charge in [0.25, 0.3) is 5.91 Å². The number of amides is 1. The van der Waals surface area contributed by atoms with E-state index in [0.717, 1.165) is 38.4 Å². The second kappa shape index (κ2) is 9.85. The number of nitrogens with zero attached hydrogens (tertiary/aromatic N) is 5. The summed E-state index contributed by atoms with van der Waals surface area (Å²) in [5, 5.41) is 2.37. The number of piperazine rings is 1. The first-order valence-electron chi connectivity index (χ1n) is 11.8. The largest absolute Gasteiger partial charge is 0.379 e. The number of carbonyl (C=O) groups is 1. The summed E-state index contributed by atoms with van der Waals surface area (Å²) in [6.07, 6.45) is 6.37. The number of ether oxygens (including phenoxy) is 1. The number of anilines is 1. The van der Waals surface area contributed by atoms with Crippen molar-refractivity contribution in [3.8, 4) is 0 Å². The van der Waals surface area contributed by atoms with Gasteiger partial charge in [-0.15, -0.1) is 0 Å². The molecule has 0 radical (unpaired) electrons. The maximum Gasteiger partial charge on any atom is 0.254 e. The van der Waals surface area contributed by atoms with Gasteiger partial charge in [0.1, 0.15) is 5.82 Å². The number of benzene rings is 1. The number of fused-ring (bicyclic) bond motifs is 1. The fraction of sp³-hybridized carbons (Fsp3) is 0.423. The highest BCUT2D eigenvalue weighted by Gasteiger charge is 2.25. The van der Waals surface area contributed by atoms with Crippen LogP contribution in [0.1, 0.15) is 15.9 Å². The number of carbonyl (C=O) groups excluding carboxylic acids is 1. The van der Waals surface area contributed by atoms with E-state index in [1.54, 1.807) is 6.20 Å². The smallest absolute Gasteiger partial charge is 0.254 e. The lowest BCUT2D eigenvalue weighted by molar-refractivity contribution is 0.0737. The van der Waals surface area contributed by atoms with Crippen LogP contribution < -0.4 is 4.90 Å². The van der Waals surface area contributed by atoms with Gasteiger partial charge in [0, 0.05) is 74.7 Å². The van der Waals surface area contributed by atoms with Crippen LogP contribution in [0.4, 0.5) is 5.82 Å². The van der Waals surface area contributed by atoms with Crippen molar-refractivity contribution >= 4 is 22.5 Å². The van der Waals surface area contributed by atoms with Crippen LogP contribution in [0.25, 0.3) is 10.8 Å². The third-order valence-electron chi connectivity index (χ3n) is 6.73. The molecule has 2 aliphatic rings. The van der Waals surface area contributed by atoms with E-state index >= 15 is 0 Å². The number of likely N-dealkylation sites (N-methyl/N-ethyl adjacent to an activating group) is 1. The molecule has 0 aliphatic carbocycles. The quantitative estimate of drug-likeness (QED) is 0.616. The van der Waals surface area contributed by atoms with E-state index in [1.807, 2.05) is 35.5 Å². The number of hydrogen-bond acceptors (Lipinski definition) is 6. The van der Waals surface area contributed by atoms with Crippen molar-refractivity contribution < 1.29 is 9.53 Å². The predicted octanol–water partition coefficient (Wildman–Crippen LogP) is 2.71. The van der Waals surface area contributed by atoms with Crippen LogP contribution in [0, 0.1) is 5.92 Å². The van der Waals surface area contributed by atoms with E-state index in [9.17, 15) is 4.79 Å². The summed E-state index contributed by atoms with van der Waals surface area (Å²) in [6, 6.07) is 12.2. The minimum absolute atomic E-state index is 0.0582. The molecule has 33 heavy (non-hydrogen) atoms. The molecule has 0 saturated carbocycles. The topological polar surface area (TPSA) is 61.8 Å². The molecule has 0 spiro atoms. The SMILES string of the molecule is CN1CCN(c2cc(C(=O)N3CCOC[C@@H](Cc4cccc5ccncc45)C3)ccn2)CC1. The van der Waals surface area contributed by atoms with E-state index < -0.39 is 0 Å². The molecule has 2 fully saturated rings. The van der Waals surface area contributed by atoms with Crippen molar-refractivity contribution in [3.63, 3.8) is 0 Å². The molecule has 2 saturated heterocycles. The summed E-state index contributed by atoms with van der Waals surface area (Å²) in [6.45, 7) is 6.39. The van der Waals surface area contributed by atoms with E-state index in [-0.39, 0.29) is 11.8 Å². The zero-order chi connectivity index (χ0) is 22.6. The number of hydrogen-bond donors (Lipinski definition) is 0. The van der Waals surface area contributed by atoms with Crippen LogP contribution in [0.2, 0.25) is 0 Å². The van der Waals surface area contributed by atoms with Gasteiger partial charge >= 0.3 is 0 Å². The van der Waals surface area contributed by atoms with E-state index in [2.05, 4.69) is 45.0 Å². The number of pyridine rings is 2. The molecule has 0 N–H and O–H groups in total. The van der Waals surface area contributed by atoms with Crippen LogP contribution in [0.15, 0.2) is 55.0 Å². The first-order valence-corrected chi connectivity index (χ1v) is 11.8. The second-order valence-corrected chi connectivity index (χ2v) is 9.10. The van der Waals surface area contributed by atoms with Gasteiger partial charge in [-0.2, -0.15) is 0 Å². The Hall–Kier alpha value is -3.03. The van der Waals surface area contributed by atoms with Gasteiger partial charge in [-0.3, -0.25) is 9.78 Å². The van der Waals surface area contributed by atoms with E-state index in [1.165, 1.54) is 16.3 Å². The molecule has 2 aliphatic heterocycles. The maximum absolute atomic E-state index is 13.5. The van der Waals surface area contributed by atoms with Gasteiger partial charge < -0.3 is 19.4 Å². The zero-order valence-electron chi connectivity index (χ0n) is 19.2. The monoisotopic (exact) mass is 445 g/mol. The molecule has 1 atom stereocenters. The minimum atomic E-state index is 0.0582. The van der Waals surface area contributed by atoms with Crippen molar-refractivity contribution in [1.82, 2.24) is 19.8 Å². The highest BCUT2D eigenvalue weighted by Crippen LogP contribution is 2.23. The van der Waals surface area contributed by atoms with Gasteiger partial charge in [-0.1, -0.05) is 18.2 Å². The van der Waals surface area contributed by atoms with Crippen molar-refractivity contribution in [1.29, 1.82) is 0 Å². The molecule has 1 amide bonds. The van der Waals surface area contributed by atoms with Crippen molar-refractivity contribution in [2.45, 2.75) is 6.42 Å². The van der Waals surface area contributed by atoms with Crippen LogP contribution in [0.3, 0.4) is 0 Å². The highest BCUT2D eigenvalue weighted by atomic mass is 16.5. The maximum atomic E-state index is 13.5. The normalized spacial score (nSPS) is 20.1. The summed E-state index contributed by atoms with van der Waals surface area (Å²) in [5.41, 5.74) is 1.96. The van der Waals surface area contributed by atoms with Crippen LogP contribution >= 0.6 is 0 Å². The highest BCUT2D eigenvalue weighted by molar-refractivity contribution is 5.95. The Balaban J connectivity index is 1.31. The third-order valence-corrected chi connectivity index (χ3v) is 6.73. The fourth-order valence-electron chi connectivity index (χ4n) is 4.80. The Morgan fingerprint density at radius 3 is 2.85 bits per heavy atom. The Morgan fingerprint density at radius 2 is 1.97 bits per heavy atom. The van der Waals surface area contributed by atoms with Crippen LogP contribution in [-0.4, -0.2) is 85.2 Å². The van der Waals surface area contributed by atoms with Gasteiger partial charge in [0.2, 0.25) is 0 Å². The van der Waals surface area contributed by atoms with E-state index in [4.69, 9.17) is 4.74 Å². The average Bonchev–Trinajstić information content (AvgIpc) is 3.10. The van der Waals surface area contributed by atoms with Gasteiger partial charge in [-0.05, 0) is 42.6 Å². The molecule has 3 aromatic rings. The van der Waals surface area contributed by atoms with Crippen molar-refractivity contribution in [3.05, 3.63) is 66.1 Å². The Labute approximate surface area is 195 Å². The summed E-state index contributed by atoms with van der Waals surface area (Å²) >= 11 is 0. The van der Waals surface area contributed by atoms with Crippen molar-refractivity contribution in [2.75, 3.05) is 64.4 Å². The summed E-state index contributed by atoms with van der Waals surface area (Å²) in [7, 11) is 2.14. The summed E-state index contributed by atoms with van der Waals surface area (Å²) in [5.74, 6) is 1.18. The van der Waals surface area contributed by atoms with Gasteiger partial charge in [0.05, 0.1) is 13.2 Å². The first kappa shape index (κ1) is 21.8. The van der Waals surface area contributed by atoms with E-state index in [0.29, 0.717) is 31.9 Å². The molecular weight excluding hydrogens is 414 g/mol. The third kappa shape index (κ3) is 4.99. The molecule has 0 bridgehead atoms. The molecule has 7 nitrogen and oxygen atoms in total. The lowest BCUT2D eigenvalue weighted by Gasteiger charge is -2.33. The number of aromatic nitrogens is 2. The Bertz CT molecular complexity index is 1110. The molecule has 2 aromatic heterocycles. The van der Waals surface area contributed by atoms with Gasteiger partial charge in [-0.25, -0.2) is 4.98 Å². The van der Waals surface area contributed by atoms with Crippen molar-refractivity contribution in [2.24, 2.45) is 5.92 Å². The minimum Gasteiger partial charge on any atom is -0.379 e. The number of rotatable bonds is 4. The molecule has 172 valence electrons. The zero-order valence-corrected chi connectivity index (χ0v) is 19.2. The predicted molar refractivity (Wildman–Crippen MR) is 130 cm³/mol. The Kier molecular flexibility index (Phi) is 6.51. The standard InChI is InChI=1S/C26H31N5O2/c1-29-9-11-30(12-10-29)25-16-23(6-8-28-25)26(32)31-13-14-33-19-20(18-31)15-22-4-2-3-21-5-7-27-17-24(21)22/h2-8,16-17,20H,9-15,18-19H2,1H3/t20-/m0/s1. The summed E-state index contributed by atoms with van der Waals surface area (Å²) < 4.78 is 5.90. The molecular formula is C26H31N5O2. The second-order valence-electron chi connectivity index (χ2n) is 9.10. The molecule has 0 unspecified atom stereocenters. The van der Waals surface area contributed by atoms with Crippen LogP contribution in [-0.2, 0) is 11.2 Å². The first-order chi connectivity index (χ1) is 16.2. The molecule has 1 aromatic carbocycles. The molecule has 7 heteroatoms. The fourth-order valence-corrected chi connectivity index (χ4v) is 4.80. The lowest BCUT2D eigenvalue weighted by atomic mass is 9.95. The Morgan fingerprint density at radius 1 is 1.09 bits per heavy atom. The van der Waals surface area contributed by atoms with Crippen LogP contribution in [0.5, 0.6) is 0 Å². The average molecular weight is 446 g/mol. The molecule has 4 heterocycles. The van der Waals surface area contributed by atoms with Gasteiger partial charge in [0.15, 0.2) is 0 Å². The lowest BCUT2D eigenvalue weighted by Crippen LogP contribution is -2.45. The summed E-state index contributed by atoms with van der Waals surface area (Å²) in [4.78, 5) is 28.8.